The van der Waals surface area contributed by atoms with Crippen molar-refractivity contribution >= 4 is 0 Å². The Bertz CT molecular complexity index is 945. The van der Waals surface area contributed by atoms with Crippen LogP contribution >= 0.6 is 0 Å². The number of phenolic OH excluding ortho intramolecular Hbond substituents is 3. The van der Waals surface area contributed by atoms with Gasteiger partial charge in [0.25, 0.3) is 0 Å². The van der Waals surface area contributed by atoms with Crippen molar-refractivity contribution in [1.29, 1.82) is 0 Å². The Morgan fingerprint density at radius 2 is 0.743 bits per heavy atom. The second kappa shape index (κ2) is 16.6. The van der Waals surface area contributed by atoms with Crippen LogP contribution in [0.15, 0.2) is 48.5 Å². The Labute approximate surface area is 215 Å². The lowest BCUT2D eigenvalue weighted by atomic mass is 9.70. The lowest BCUT2D eigenvalue weighted by molar-refractivity contribution is 0.466. The van der Waals surface area contributed by atoms with Gasteiger partial charge in [-0.15, -0.1) is 0 Å². The number of benzene rings is 3. The number of phenols is 3. The smallest absolute Gasteiger partial charge is 0.121 e. The summed E-state index contributed by atoms with van der Waals surface area (Å²) < 4.78 is 0. The summed E-state index contributed by atoms with van der Waals surface area (Å²) in [6.07, 6.45) is 0. The molecule has 0 aliphatic rings. The zero-order chi connectivity index (χ0) is 27.9. The SMILES string of the molecule is CC.CC.CC.CC.Cc1cc(C(C)(c2ccc(O)c(C)c2)c2cc(C)c(O)c(C)c2)ccc1O. The first-order chi connectivity index (χ1) is 16.6. The van der Waals surface area contributed by atoms with Gasteiger partial charge >= 0.3 is 0 Å². The molecule has 35 heavy (non-hydrogen) atoms. The van der Waals surface area contributed by atoms with Crippen LogP contribution < -0.4 is 0 Å². The van der Waals surface area contributed by atoms with Crippen molar-refractivity contribution in [3.05, 3.63) is 87.5 Å². The minimum Gasteiger partial charge on any atom is -0.508 e. The first-order valence-corrected chi connectivity index (χ1v) is 13.1. The molecule has 3 aromatic carbocycles. The van der Waals surface area contributed by atoms with Gasteiger partial charge in [0.2, 0.25) is 0 Å². The summed E-state index contributed by atoms with van der Waals surface area (Å²) in [5.41, 5.74) is 5.86. The van der Waals surface area contributed by atoms with E-state index < -0.39 is 5.41 Å². The summed E-state index contributed by atoms with van der Waals surface area (Å²) >= 11 is 0. The molecule has 3 nitrogen and oxygen atoms in total. The van der Waals surface area contributed by atoms with Crippen LogP contribution in [0.2, 0.25) is 0 Å². The lowest BCUT2D eigenvalue weighted by Crippen LogP contribution is -2.26. The maximum Gasteiger partial charge on any atom is 0.121 e. The summed E-state index contributed by atoms with van der Waals surface area (Å²) in [7, 11) is 0. The third-order valence-corrected chi connectivity index (χ3v) is 5.62. The largest absolute Gasteiger partial charge is 0.508 e. The standard InChI is InChI=1S/C24H26O3.4C2H6/c1-14-10-18(6-8-21(14)25)24(5,19-7-9-22(26)15(2)11-19)20-12-16(3)23(27)17(4)13-20;4*1-2/h6-13,25-27H,1-5H3;4*1-2H3. The molecule has 3 N–H and O–H groups in total. The molecule has 3 rings (SSSR count). The van der Waals surface area contributed by atoms with Crippen molar-refractivity contribution in [3.8, 4) is 17.2 Å². The van der Waals surface area contributed by atoms with Crippen LogP contribution in [0.5, 0.6) is 17.2 Å². The normalized spacial score (nSPS) is 9.63. The highest BCUT2D eigenvalue weighted by atomic mass is 16.3. The Balaban J connectivity index is 0. The maximum atomic E-state index is 10.2. The monoisotopic (exact) mass is 482 g/mol. The molecule has 0 aromatic heterocycles. The highest BCUT2D eigenvalue weighted by molar-refractivity contribution is 5.56. The lowest BCUT2D eigenvalue weighted by Gasteiger charge is -2.33. The van der Waals surface area contributed by atoms with Crippen molar-refractivity contribution in [3.63, 3.8) is 0 Å². The molecule has 0 heterocycles. The highest BCUT2D eigenvalue weighted by Crippen LogP contribution is 2.43. The van der Waals surface area contributed by atoms with E-state index in [0.29, 0.717) is 5.75 Å². The van der Waals surface area contributed by atoms with Gasteiger partial charge in [0, 0.05) is 5.41 Å². The Kier molecular flexibility index (Phi) is 16.3. The molecule has 3 aromatic rings. The summed E-state index contributed by atoms with van der Waals surface area (Å²) in [5.74, 6) is 0.840. The van der Waals surface area contributed by atoms with Gasteiger partial charge in [0.15, 0.2) is 0 Å². The van der Waals surface area contributed by atoms with Gasteiger partial charge in [-0.05, 0) is 85.7 Å². The van der Waals surface area contributed by atoms with E-state index in [2.05, 4.69) is 6.92 Å². The fourth-order valence-electron chi connectivity index (χ4n) is 3.68. The Morgan fingerprint density at radius 1 is 0.457 bits per heavy atom. The van der Waals surface area contributed by atoms with Gasteiger partial charge in [0.05, 0.1) is 0 Å². The molecule has 0 atom stereocenters. The number of rotatable bonds is 3. The number of aromatic hydroxyl groups is 3. The topological polar surface area (TPSA) is 60.7 Å². The molecule has 3 heteroatoms. The average molecular weight is 483 g/mol. The van der Waals surface area contributed by atoms with Crippen LogP contribution in [-0.2, 0) is 5.41 Å². The van der Waals surface area contributed by atoms with Crippen molar-refractivity contribution in [2.75, 3.05) is 0 Å². The van der Waals surface area contributed by atoms with E-state index in [1.54, 1.807) is 12.1 Å². The molecule has 0 fully saturated rings. The molecule has 0 radical (unpaired) electrons. The Morgan fingerprint density at radius 3 is 1.03 bits per heavy atom. The third kappa shape index (κ3) is 8.06. The number of aryl methyl sites for hydroxylation is 4. The van der Waals surface area contributed by atoms with Gasteiger partial charge in [-0.1, -0.05) is 91.8 Å². The molecule has 0 bridgehead atoms. The first kappa shape index (κ1) is 34.2. The minimum absolute atomic E-state index is 0.265. The van der Waals surface area contributed by atoms with Crippen molar-refractivity contribution < 1.29 is 15.3 Å². The molecule has 0 saturated heterocycles. The van der Waals surface area contributed by atoms with E-state index in [4.69, 9.17) is 0 Å². The Hall–Kier alpha value is -2.94. The van der Waals surface area contributed by atoms with Crippen LogP contribution in [0.1, 0.15) is 101 Å². The fraction of sp³-hybridized carbons (Fsp3) is 0.438. The second-order valence-corrected chi connectivity index (χ2v) is 7.59. The molecule has 0 aliphatic carbocycles. The van der Waals surface area contributed by atoms with Crippen LogP contribution in [0.3, 0.4) is 0 Å². The van der Waals surface area contributed by atoms with Crippen LogP contribution in [0.4, 0.5) is 0 Å². The van der Waals surface area contributed by atoms with Gasteiger partial charge in [0.1, 0.15) is 17.2 Å². The summed E-state index contributed by atoms with van der Waals surface area (Å²) in [6.45, 7) is 25.7. The minimum atomic E-state index is -0.514. The summed E-state index contributed by atoms with van der Waals surface area (Å²) in [5, 5.41) is 30.2. The highest BCUT2D eigenvalue weighted by Gasteiger charge is 2.33. The van der Waals surface area contributed by atoms with E-state index >= 15 is 0 Å². The number of hydrogen-bond acceptors (Lipinski definition) is 3. The molecule has 0 unspecified atom stereocenters. The van der Waals surface area contributed by atoms with E-state index in [1.165, 1.54) is 0 Å². The fourth-order valence-corrected chi connectivity index (χ4v) is 3.68. The van der Waals surface area contributed by atoms with Gasteiger partial charge in [-0.2, -0.15) is 0 Å². The van der Waals surface area contributed by atoms with E-state index in [9.17, 15) is 15.3 Å². The van der Waals surface area contributed by atoms with Crippen molar-refractivity contribution in [2.24, 2.45) is 0 Å². The van der Waals surface area contributed by atoms with E-state index in [-0.39, 0.29) is 11.5 Å². The molecule has 0 spiro atoms. The average Bonchev–Trinajstić information content (AvgIpc) is 2.89. The van der Waals surface area contributed by atoms with Gasteiger partial charge < -0.3 is 15.3 Å². The zero-order valence-corrected chi connectivity index (χ0v) is 24.5. The first-order valence-electron chi connectivity index (χ1n) is 13.1. The van der Waals surface area contributed by atoms with Gasteiger partial charge in [-0.25, -0.2) is 0 Å². The second-order valence-electron chi connectivity index (χ2n) is 7.59. The molecular formula is C32H50O3. The van der Waals surface area contributed by atoms with Crippen molar-refractivity contribution in [2.45, 2.75) is 95.4 Å². The quantitative estimate of drug-likeness (QED) is 0.326. The maximum absolute atomic E-state index is 10.2. The van der Waals surface area contributed by atoms with Crippen LogP contribution in [-0.4, -0.2) is 15.3 Å². The summed E-state index contributed by atoms with van der Waals surface area (Å²) in [4.78, 5) is 0. The van der Waals surface area contributed by atoms with Crippen LogP contribution in [0.25, 0.3) is 0 Å². The van der Waals surface area contributed by atoms with E-state index in [1.807, 2.05) is 119 Å². The third-order valence-electron chi connectivity index (χ3n) is 5.62. The van der Waals surface area contributed by atoms with Gasteiger partial charge in [-0.3, -0.25) is 0 Å². The molecule has 0 aliphatic heterocycles. The summed E-state index contributed by atoms with van der Waals surface area (Å²) in [6, 6.07) is 15.3. The van der Waals surface area contributed by atoms with E-state index in [0.717, 1.165) is 38.9 Å². The molecule has 0 amide bonds. The van der Waals surface area contributed by atoms with Crippen LogP contribution in [0, 0.1) is 27.7 Å². The predicted molar refractivity (Wildman–Crippen MR) is 154 cm³/mol. The zero-order valence-electron chi connectivity index (χ0n) is 24.5. The molecule has 196 valence electrons. The number of hydrogen-bond donors (Lipinski definition) is 3. The molecular weight excluding hydrogens is 432 g/mol. The molecule has 0 saturated carbocycles. The van der Waals surface area contributed by atoms with Crippen molar-refractivity contribution in [1.82, 2.24) is 0 Å². The predicted octanol–water partition coefficient (Wildman–Crippen LogP) is 9.50.